The molecule has 1 fully saturated rings. The van der Waals surface area contributed by atoms with Crippen LogP contribution in [0, 0.1) is 17.2 Å². The molecular weight excluding hydrogens is 226 g/mol. The summed E-state index contributed by atoms with van der Waals surface area (Å²) in [5.41, 5.74) is 5.46. The molecule has 6 heteroatoms. The summed E-state index contributed by atoms with van der Waals surface area (Å²) in [4.78, 5) is 0. The van der Waals surface area contributed by atoms with Crippen molar-refractivity contribution in [2.24, 2.45) is 17.6 Å². The van der Waals surface area contributed by atoms with Gasteiger partial charge in [0.2, 0.25) is 10.0 Å². The first-order valence-electron chi connectivity index (χ1n) is 5.65. The smallest absolute Gasteiger partial charge is 0.212 e. The van der Waals surface area contributed by atoms with Crippen molar-refractivity contribution in [2.75, 3.05) is 5.75 Å². The second-order valence-electron chi connectivity index (χ2n) is 4.89. The minimum Gasteiger partial charge on any atom is -0.387 e. The highest BCUT2D eigenvalue weighted by atomic mass is 32.2. The zero-order valence-corrected chi connectivity index (χ0v) is 10.7. The van der Waals surface area contributed by atoms with Gasteiger partial charge in [0.1, 0.15) is 0 Å². The highest BCUT2D eigenvalue weighted by Crippen LogP contribution is 2.26. The van der Waals surface area contributed by atoms with Gasteiger partial charge in [-0.05, 0) is 18.8 Å². The van der Waals surface area contributed by atoms with Crippen LogP contribution in [0.5, 0.6) is 0 Å². The lowest BCUT2D eigenvalue weighted by Crippen LogP contribution is -2.43. The van der Waals surface area contributed by atoms with Crippen LogP contribution in [0.2, 0.25) is 0 Å². The molecule has 1 aliphatic rings. The second-order valence-corrected chi connectivity index (χ2v) is 6.69. The van der Waals surface area contributed by atoms with Gasteiger partial charge in [-0.1, -0.05) is 20.3 Å². The van der Waals surface area contributed by atoms with E-state index in [0.29, 0.717) is 0 Å². The van der Waals surface area contributed by atoms with Crippen molar-refractivity contribution in [2.45, 2.75) is 39.2 Å². The second kappa shape index (κ2) is 5.14. The van der Waals surface area contributed by atoms with Gasteiger partial charge in [0.25, 0.3) is 0 Å². The quantitative estimate of drug-likeness (QED) is 0.492. The highest BCUT2D eigenvalue weighted by molar-refractivity contribution is 7.89. The molecule has 0 aromatic rings. The molecule has 0 saturated heterocycles. The molecule has 1 aliphatic carbocycles. The molecule has 2 atom stereocenters. The SMILES string of the molecule is CC(C)CS(=O)(=O)NC1CCCC1C(=N)N. The summed E-state index contributed by atoms with van der Waals surface area (Å²) >= 11 is 0. The van der Waals surface area contributed by atoms with Crippen LogP contribution < -0.4 is 10.5 Å². The number of nitrogens with two attached hydrogens (primary N) is 1. The van der Waals surface area contributed by atoms with Gasteiger partial charge < -0.3 is 5.73 Å². The molecule has 0 aliphatic heterocycles. The van der Waals surface area contributed by atoms with Gasteiger partial charge in [0.05, 0.1) is 11.6 Å². The maximum absolute atomic E-state index is 11.7. The van der Waals surface area contributed by atoms with E-state index in [4.69, 9.17) is 11.1 Å². The molecule has 0 bridgehead atoms. The van der Waals surface area contributed by atoms with E-state index in [2.05, 4.69) is 4.72 Å². The van der Waals surface area contributed by atoms with Crippen LogP contribution in [-0.2, 0) is 10.0 Å². The number of rotatable bonds is 5. The van der Waals surface area contributed by atoms with E-state index in [9.17, 15) is 8.42 Å². The third-order valence-corrected chi connectivity index (χ3v) is 4.57. The monoisotopic (exact) mass is 247 g/mol. The summed E-state index contributed by atoms with van der Waals surface area (Å²) in [6.07, 6.45) is 2.52. The van der Waals surface area contributed by atoms with Gasteiger partial charge in [-0.2, -0.15) is 0 Å². The molecule has 0 amide bonds. The minimum atomic E-state index is -3.23. The lowest BCUT2D eigenvalue weighted by atomic mass is 10.0. The molecule has 2 unspecified atom stereocenters. The predicted molar refractivity (Wildman–Crippen MR) is 64.8 cm³/mol. The van der Waals surface area contributed by atoms with Gasteiger partial charge >= 0.3 is 0 Å². The zero-order chi connectivity index (χ0) is 12.3. The molecule has 0 radical (unpaired) electrons. The average Bonchev–Trinajstić information content (AvgIpc) is 2.48. The number of nitrogens with one attached hydrogen (secondary N) is 2. The fraction of sp³-hybridized carbons (Fsp3) is 0.900. The zero-order valence-electron chi connectivity index (χ0n) is 9.86. The average molecular weight is 247 g/mol. The predicted octanol–water partition coefficient (Wildman–Crippen LogP) is 0.666. The Morgan fingerprint density at radius 2 is 2.12 bits per heavy atom. The van der Waals surface area contributed by atoms with E-state index < -0.39 is 10.0 Å². The van der Waals surface area contributed by atoms with Crippen LogP contribution in [0.1, 0.15) is 33.1 Å². The first kappa shape index (κ1) is 13.4. The van der Waals surface area contributed by atoms with Gasteiger partial charge in [-0.3, -0.25) is 5.41 Å². The Balaban J connectivity index is 2.63. The van der Waals surface area contributed by atoms with Crippen LogP contribution >= 0.6 is 0 Å². The molecule has 4 N–H and O–H groups in total. The van der Waals surface area contributed by atoms with E-state index in [0.717, 1.165) is 19.3 Å². The van der Waals surface area contributed by atoms with Crippen LogP contribution in [0.15, 0.2) is 0 Å². The van der Waals surface area contributed by atoms with Gasteiger partial charge in [-0.15, -0.1) is 0 Å². The Bertz CT molecular complexity index is 351. The van der Waals surface area contributed by atoms with E-state index in [1.165, 1.54) is 0 Å². The van der Waals surface area contributed by atoms with E-state index in [-0.39, 0.29) is 29.5 Å². The Morgan fingerprint density at radius 1 is 1.50 bits per heavy atom. The first-order chi connectivity index (χ1) is 7.32. The molecule has 94 valence electrons. The summed E-state index contributed by atoms with van der Waals surface area (Å²) in [5.74, 6) is 0.208. The van der Waals surface area contributed by atoms with Crippen molar-refractivity contribution in [1.82, 2.24) is 4.72 Å². The molecular formula is C10H21N3O2S. The molecule has 0 heterocycles. The summed E-state index contributed by atoms with van der Waals surface area (Å²) in [6.45, 7) is 3.74. The van der Waals surface area contributed by atoms with E-state index >= 15 is 0 Å². The minimum absolute atomic E-state index is 0.0924. The van der Waals surface area contributed by atoms with E-state index in [1.807, 2.05) is 13.8 Å². The van der Waals surface area contributed by atoms with Gasteiger partial charge in [0, 0.05) is 12.0 Å². The van der Waals surface area contributed by atoms with Crippen molar-refractivity contribution in [1.29, 1.82) is 5.41 Å². The maximum Gasteiger partial charge on any atom is 0.212 e. The maximum atomic E-state index is 11.7. The van der Waals surface area contributed by atoms with Gasteiger partial charge in [-0.25, -0.2) is 13.1 Å². The van der Waals surface area contributed by atoms with Crippen molar-refractivity contribution < 1.29 is 8.42 Å². The number of amidine groups is 1. The van der Waals surface area contributed by atoms with Crippen LogP contribution in [-0.4, -0.2) is 26.0 Å². The van der Waals surface area contributed by atoms with Crippen molar-refractivity contribution >= 4 is 15.9 Å². The van der Waals surface area contributed by atoms with Crippen LogP contribution in [0.3, 0.4) is 0 Å². The molecule has 1 saturated carbocycles. The Labute approximate surface area is 97.4 Å². The fourth-order valence-corrected chi connectivity index (χ4v) is 3.91. The van der Waals surface area contributed by atoms with Crippen molar-refractivity contribution in [3.63, 3.8) is 0 Å². The van der Waals surface area contributed by atoms with E-state index in [1.54, 1.807) is 0 Å². The fourth-order valence-electron chi connectivity index (χ4n) is 2.19. The lowest BCUT2D eigenvalue weighted by molar-refractivity contribution is 0.515. The summed E-state index contributed by atoms with van der Waals surface area (Å²) in [6, 6.07) is -0.179. The molecule has 0 aromatic carbocycles. The van der Waals surface area contributed by atoms with Crippen molar-refractivity contribution in [3.8, 4) is 0 Å². The van der Waals surface area contributed by atoms with Crippen molar-refractivity contribution in [3.05, 3.63) is 0 Å². The molecule has 5 nitrogen and oxygen atoms in total. The number of hydrogen-bond acceptors (Lipinski definition) is 3. The topological polar surface area (TPSA) is 96.0 Å². The Kier molecular flexibility index (Phi) is 4.32. The number of hydrogen-bond donors (Lipinski definition) is 3. The standard InChI is InChI=1S/C10H21N3O2S/c1-7(2)6-16(14,15)13-9-5-3-4-8(9)10(11)12/h7-9,13H,3-6H2,1-2H3,(H3,11,12). The molecule has 0 aromatic heterocycles. The Morgan fingerprint density at radius 3 is 2.62 bits per heavy atom. The highest BCUT2D eigenvalue weighted by Gasteiger charge is 2.32. The third-order valence-electron chi connectivity index (χ3n) is 2.80. The molecule has 16 heavy (non-hydrogen) atoms. The van der Waals surface area contributed by atoms with Gasteiger partial charge in [0.15, 0.2) is 0 Å². The molecule has 0 spiro atoms. The Hall–Kier alpha value is -0.620. The summed E-state index contributed by atoms with van der Waals surface area (Å²) in [5, 5.41) is 7.41. The van der Waals surface area contributed by atoms with Crippen LogP contribution in [0.4, 0.5) is 0 Å². The first-order valence-corrected chi connectivity index (χ1v) is 7.31. The lowest BCUT2D eigenvalue weighted by Gasteiger charge is -2.20. The summed E-state index contributed by atoms with van der Waals surface area (Å²) in [7, 11) is -3.23. The normalized spacial score (nSPS) is 26.2. The van der Waals surface area contributed by atoms with Crippen LogP contribution in [0.25, 0.3) is 0 Å². The largest absolute Gasteiger partial charge is 0.387 e. The number of sulfonamides is 1. The molecule has 1 rings (SSSR count). The third kappa shape index (κ3) is 3.75. The summed E-state index contributed by atoms with van der Waals surface area (Å²) < 4.78 is 26.2.